The average Bonchev–Trinajstić information content (AvgIpc) is 3.76. The smallest absolute Gasteiger partial charge is 0.411 e. The number of anilines is 2. The number of nitrogens with one attached hydrogen (secondary N) is 2. The van der Waals surface area contributed by atoms with Crippen molar-refractivity contribution in [2.75, 3.05) is 37.8 Å². The molecule has 3 heterocycles. The summed E-state index contributed by atoms with van der Waals surface area (Å²) in [7, 11) is 1.58. The van der Waals surface area contributed by atoms with E-state index in [1.165, 1.54) is 16.3 Å². The molecule has 2 saturated heterocycles. The average molecular weight is 773 g/mol. The van der Waals surface area contributed by atoms with E-state index in [0.717, 1.165) is 27.0 Å². The highest BCUT2D eigenvalue weighted by molar-refractivity contribution is 7.22. The van der Waals surface area contributed by atoms with Crippen molar-refractivity contribution in [2.45, 2.75) is 38.3 Å². The molecule has 1 aromatic heterocycles. The van der Waals surface area contributed by atoms with Gasteiger partial charge in [-0.1, -0.05) is 84.0 Å². The Bertz CT molecular complexity index is 2260. The number of ether oxygens (including phenoxy) is 2. The van der Waals surface area contributed by atoms with Gasteiger partial charge in [-0.15, -0.1) is 6.42 Å². The van der Waals surface area contributed by atoms with E-state index in [9.17, 15) is 19.2 Å². The minimum Gasteiger partial charge on any atom is -0.497 e. The van der Waals surface area contributed by atoms with Crippen LogP contribution in [0, 0.1) is 12.3 Å². The van der Waals surface area contributed by atoms with Crippen molar-refractivity contribution in [1.82, 2.24) is 30.1 Å². The highest BCUT2D eigenvalue weighted by Crippen LogP contribution is 2.32. The first-order chi connectivity index (χ1) is 27.2. The number of carbonyl (C=O) groups excluding carboxylic acids is 4. The molecule has 0 aliphatic carbocycles. The first-order valence-electron chi connectivity index (χ1n) is 17.9. The van der Waals surface area contributed by atoms with Gasteiger partial charge in [-0.05, 0) is 52.6 Å². The van der Waals surface area contributed by atoms with E-state index in [0.29, 0.717) is 22.1 Å². The van der Waals surface area contributed by atoms with E-state index in [1.54, 1.807) is 58.3 Å². The molecular weight excluding hydrogens is 733 g/mol. The van der Waals surface area contributed by atoms with E-state index in [2.05, 4.69) is 21.5 Å². The molecule has 2 aliphatic heterocycles. The number of amides is 5. The summed E-state index contributed by atoms with van der Waals surface area (Å²) < 4.78 is 11.5. The number of thiazole rings is 1. The van der Waals surface area contributed by atoms with Crippen LogP contribution in [0.15, 0.2) is 97.1 Å². The maximum atomic E-state index is 14.5. The lowest BCUT2D eigenvalue weighted by Crippen LogP contribution is -2.66. The van der Waals surface area contributed by atoms with Gasteiger partial charge in [-0.3, -0.25) is 14.9 Å². The van der Waals surface area contributed by atoms with Crippen LogP contribution >= 0.6 is 11.3 Å². The fourth-order valence-corrected chi connectivity index (χ4v) is 7.73. The van der Waals surface area contributed by atoms with E-state index in [-0.39, 0.29) is 57.6 Å². The minimum absolute atomic E-state index is 0.107. The summed E-state index contributed by atoms with van der Waals surface area (Å²) >= 11 is 1.36. The highest BCUT2D eigenvalue weighted by atomic mass is 32.1. The van der Waals surface area contributed by atoms with Crippen LogP contribution in [0.3, 0.4) is 0 Å². The zero-order valence-electron chi connectivity index (χ0n) is 30.6. The number of aromatic nitrogens is 1. The molecule has 0 radical (unpaired) electrons. The molecule has 7 rings (SSSR count). The number of nitrogens with two attached hydrogens (primary N) is 1. The quantitative estimate of drug-likeness (QED) is 0.151. The van der Waals surface area contributed by atoms with Crippen molar-refractivity contribution in [3.05, 3.63) is 119 Å². The molecule has 4 N–H and O–H groups in total. The zero-order valence-corrected chi connectivity index (χ0v) is 31.4. The predicted octanol–water partition coefficient (Wildman–Crippen LogP) is 4.82. The van der Waals surface area contributed by atoms with Crippen molar-refractivity contribution in [3.8, 4) is 18.1 Å². The first kappa shape index (κ1) is 37.7. The van der Waals surface area contributed by atoms with E-state index < -0.39 is 24.3 Å². The monoisotopic (exact) mass is 772 g/mol. The van der Waals surface area contributed by atoms with E-state index in [1.807, 2.05) is 60.7 Å². The van der Waals surface area contributed by atoms with Gasteiger partial charge in [-0.25, -0.2) is 19.6 Å². The van der Waals surface area contributed by atoms with Crippen molar-refractivity contribution in [2.24, 2.45) is 0 Å². The number of carbonyl (C=O) groups is 4. The Balaban J connectivity index is 1.12. The van der Waals surface area contributed by atoms with Crippen molar-refractivity contribution >= 4 is 56.3 Å². The number of methoxy groups -OCH3 is 1. The van der Waals surface area contributed by atoms with Crippen LogP contribution in [0.1, 0.15) is 22.3 Å². The summed E-state index contributed by atoms with van der Waals surface area (Å²) in [4.78, 5) is 62.4. The van der Waals surface area contributed by atoms with Gasteiger partial charge >= 0.3 is 12.1 Å². The van der Waals surface area contributed by atoms with Crippen LogP contribution in [-0.4, -0.2) is 87.7 Å². The van der Waals surface area contributed by atoms with Crippen molar-refractivity contribution < 1.29 is 28.7 Å². The van der Waals surface area contributed by atoms with Crippen LogP contribution in [0.2, 0.25) is 0 Å². The topological polar surface area (TPSA) is 163 Å². The maximum Gasteiger partial charge on any atom is 0.411 e. The molecule has 0 bridgehead atoms. The maximum absolute atomic E-state index is 14.5. The van der Waals surface area contributed by atoms with E-state index >= 15 is 0 Å². The Kier molecular flexibility index (Phi) is 11.3. The third kappa shape index (κ3) is 8.36. The molecule has 5 aromatic rings. The van der Waals surface area contributed by atoms with Crippen LogP contribution in [-0.2, 0) is 40.4 Å². The molecule has 0 spiro atoms. The van der Waals surface area contributed by atoms with Gasteiger partial charge in [-0.2, -0.15) is 5.01 Å². The summed E-state index contributed by atoms with van der Waals surface area (Å²) in [6.07, 6.45) is 4.64. The number of nitrogen functional groups attached to an aromatic ring is 1. The molecule has 4 aromatic carbocycles. The number of hydrogen-bond donors (Lipinski definition) is 3. The molecular formula is C41H40N8O6S. The van der Waals surface area contributed by atoms with Gasteiger partial charge in [0.2, 0.25) is 11.8 Å². The van der Waals surface area contributed by atoms with Gasteiger partial charge in [0.25, 0.3) is 0 Å². The third-order valence-corrected chi connectivity index (χ3v) is 10.5. The lowest BCUT2D eigenvalue weighted by atomic mass is 9.99. The van der Waals surface area contributed by atoms with Gasteiger partial charge in [0, 0.05) is 25.2 Å². The lowest BCUT2D eigenvalue weighted by molar-refractivity contribution is -0.157. The number of hydrogen-bond acceptors (Lipinski definition) is 10. The Morgan fingerprint density at radius 1 is 0.982 bits per heavy atom. The Morgan fingerprint density at radius 3 is 2.46 bits per heavy atom. The number of urea groups is 1. The van der Waals surface area contributed by atoms with E-state index in [4.69, 9.17) is 21.6 Å². The predicted molar refractivity (Wildman–Crippen MR) is 212 cm³/mol. The molecule has 0 saturated carbocycles. The van der Waals surface area contributed by atoms with Crippen molar-refractivity contribution in [3.63, 3.8) is 0 Å². The lowest BCUT2D eigenvalue weighted by Gasteiger charge is -2.46. The van der Waals surface area contributed by atoms with Crippen LogP contribution < -0.4 is 21.1 Å². The SMILES string of the molecule is C#CCN(C(=O)NCc1ccc(OC)cc1)N1CC(=O)N2[C@@H](Cc3ccc(NC(=O)OCc4ccccc4)cc3)C(=O)N(Cc3cccc4sc(N)nc34)C[C@@H]21. The molecule has 2 atom stereocenters. The van der Waals surface area contributed by atoms with Crippen LogP contribution in [0.5, 0.6) is 5.75 Å². The summed E-state index contributed by atoms with van der Waals surface area (Å²) in [5.74, 6) is 2.68. The molecule has 0 unspecified atom stereocenters. The fraction of sp³-hybridized carbons (Fsp3) is 0.244. The standard InChI is InChI=1S/C41H40N8O6S/c1-3-20-47(40(52)43-22-28-14-18-32(54-2)19-15-28)48-25-36(50)49-33(21-27-12-16-31(17-13-27)44-41(53)55-26-29-8-5-4-6-9-29)38(51)46(24-35(48)49)23-30-10-7-11-34-37(30)45-39(42)56-34/h1,4-19,33,35H,20-26H2,2H3,(H2,42,45)(H,43,52)(H,44,53)/t33-,35+/m0/s1. The normalized spacial score (nSPS) is 16.6. The summed E-state index contributed by atoms with van der Waals surface area (Å²) in [6, 6.07) is 28.0. The summed E-state index contributed by atoms with van der Waals surface area (Å²) in [5.41, 5.74) is 10.5. The molecule has 2 aliphatic rings. The van der Waals surface area contributed by atoms with Gasteiger partial charge < -0.3 is 30.3 Å². The van der Waals surface area contributed by atoms with Crippen LogP contribution in [0.4, 0.5) is 20.4 Å². The number of rotatable bonds is 12. The highest BCUT2D eigenvalue weighted by Gasteiger charge is 2.52. The Labute approximate surface area is 327 Å². The Hall–Kier alpha value is -6.63. The number of hydrazine groups is 1. The molecule has 5 amide bonds. The zero-order chi connectivity index (χ0) is 39.2. The molecule has 286 valence electrons. The second-order valence-electron chi connectivity index (χ2n) is 13.3. The van der Waals surface area contributed by atoms with Gasteiger partial charge in [0.05, 0.1) is 37.0 Å². The second-order valence-corrected chi connectivity index (χ2v) is 14.3. The number of terminal acetylenes is 1. The molecule has 56 heavy (non-hydrogen) atoms. The second kappa shape index (κ2) is 16.8. The van der Waals surface area contributed by atoms with Gasteiger partial charge in [0.1, 0.15) is 24.6 Å². The van der Waals surface area contributed by atoms with Crippen molar-refractivity contribution in [1.29, 1.82) is 0 Å². The summed E-state index contributed by atoms with van der Waals surface area (Å²) in [5, 5.41) is 9.07. The number of para-hydroxylation sites is 1. The Morgan fingerprint density at radius 2 is 1.73 bits per heavy atom. The first-order valence-corrected chi connectivity index (χ1v) is 18.7. The molecule has 15 heteroatoms. The fourth-order valence-electron chi connectivity index (χ4n) is 6.95. The minimum atomic E-state index is -0.907. The summed E-state index contributed by atoms with van der Waals surface area (Å²) in [6.45, 7) is 0.382. The molecule has 2 fully saturated rings. The number of fused-ring (bicyclic) bond motifs is 2. The van der Waals surface area contributed by atoms with Crippen LogP contribution in [0.25, 0.3) is 10.2 Å². The number of nitrogens with zero attached hydrogens (tertiary/aromatic N) is 5. The largest absolute Gasteiger partial charge is 0.497 e. The van der Waals surface area contributed by atoms with Gasteiger partial charge in [0.15, 0.2) is 5.13 Å². The number of piperazine rings is 1. The third-order valence-electron chi connectivity index (χ3n) is 9.68. The number of benzene rings is 4. The molecule has 14 nitrogen and oxygen atoms in total.